The number of benzene rings is 1. The first-order chi connectivity index (χ1) is 8.69. The minimum Gasteiger partial charge on any atom is -0.456 e. The van der Waals surface area contributed by atoms with E-state index in [9.17, 15) is 4.79 Å². The first kappa shape index (κ1) is 13.5. The summed E-state index contributed by atoms with van der Waals surface area (Å²) in [6.45, 7) is 2.29. The van der Waals surface area contributed by atoms with E-state index >= 15 is 0 Å². The number of carbonyl (C=O) groups is 1. The van der Waals surface area contributed by atoms with Gasteiger partial charge in [-0.2, -0.15) is 0 Å². The number of hydrogen-bond acceptors (Lipinski definition) is 4. The van der Waals surface area contributed by atoms with Crippen LogP contribution >= 0.6 is 33.9 Å². The summed E-state index contributed by atoms with van der Waals surface area (Å²) in [4.78, 5) is 16.1. The van der Waals surface area contributed by atoms with Gasteiger partial charge in [0.2, 0.25) is 0 Å². The number of aromatic nitrogens is 1. The standard InChI is InChI=1S/C13H12INO2S/c1-2-12-15-11(8-18-12)7-17-13(16)9-4-3-5-10(14)6-9/h3-6,8H,2,7H2,1H3. The Morgan fingerprint density at radius 3 is 3.00 bits per heavy atom. The molecule has 0 N–H and O–H groups in total. The van der Waals surface area contributed by atoms with Gasteiger partial charge in [0.15, 0.2) is 0 Å². The Kier molecular flexibility index (Phi) is 4.71. The molecule has 0 radical (unpaired) electrons. The van der Waals surface area contributed by atoms with Crippen LogP contribution in [0.4, 0.5) is 0 Å². The monoisotopic (exact) mass is 373 g/mol. The average Bonchev–Trinajstić information content (AvgIpc) is 2.84. The van der Waals surface area contributed by atoms with Gasteiger partial charge in [0.1, 0.15) is 6.61 Å². The normalized spacial score (nSPS) is 10.3. The molecule has 2 rings (SSSR count). The van der Waals surface area contributed by atoms with E-state index in [1.807, 2.05) is 17.5 Å². The number of rotatable bonds is 4. The number of ether oxygens (including phenoxy) is 1. The molecule has 1 aromatic carbocycles. The van der Waals surface area contributed by atoms with Crippen molar-refractivity contribution in [3.63, 3.8) is 0 Å². The molecule has 1 heterocycles. The van der Waals surface area contributed by atoms with Crippen LogP contribution in [-0.4, -0.2) is 11.0 Å². The highest BCUT2D eigenvalue weighted by Gasteiger charge is 2.09. The van der Waals surface area contributed by atoms with Gasteiger partial charge in [-0.1, -0.05) is 13.0 Å². The lowest BCUT2D eigenvalue weighted by molar-refractivity contribution is 0.0468. The maximum atomic E-state index is 11.8. The lowest BCUT2D eigenvalue weighted by Crippen LogP contribution is -2.05. The van der Waals surface area contributed by atoms with E-state index in [1.165, 1.54) is 0 Å². The second kappa shape index (κ2) is 6.29. The van der Waals surface area contributed by atoms with Crippen molar-refractivity contribution in [3.8, 4) is 0 Å². The van der Waals surface area contributed by atoms with Crippen LogP contribution in [0.1, 0.15) is 28.0 Å². The van der Waals surface area contributed by atoms with Gasteiger partial charge in [-0.3, -0.25) is 0 Å². The van der Waals surface area contributed by atoms with Crippen molar-refractivity contribution in [2.24, 2.45) is 0 Å². The Labute approximate surface area is 123 Å². The van der Waals surface area contributed by atoms with Gasteiger partial charge in [0.05, 0.1) is 16.3 Å². The second-order valence-electron chi connectivity index (χ2n) is 3.67. The van der Waals surface area contributed by atoms with Crippen molar-refractivity contribution in [2.45, 2.75) is 20.0 Å². The van der Waals surface area contributed by atoms with Crippen molar-refractivity contribution < 1.29 is 9.53 Å². The molecule has 94 valence electrons. The highest BCUT2D eigenvalue weighted by Crippen LogP contribution is 2.13. The quantitative estimate of drug-likeness (QED) is 0.607. The number of carbonyl (C=O) groups excluding carboxylic acids is 1. The third kappa shape index (κ3) is 3.52. The summed E-state index contributed by atoms with van der Waals surface area (Å²) in [5, 5.41) is 3.00. The van der Waals surface area contributed by atoms with Crippen molar-refractivity contribution in [1.82, 2.24) is 4.98 Å². The molecule has 0 aliphatic carbocycles. The molecule has 0 fully saturated rings. The van der Waals surface area contributed by atoms with Crippen LogP contribution in [0.3, 0.4) is 0 Å². The van der Waals surface area contributed by atoms with Crippen LogP contribution in [0.5, 0.6) is 0 Å². The van der Waals surface area contributed by atoms with Crippen LogP contribution in [0, 0.1) is 3.57 Å². The van der Waals surface area contributed by atoms with E-state index in [2.05, 4.69) is 34.5 Å². The molecule has 3 nitrogen and oxygen atoms in total. The minimum absolute atomic E-state index is 0.237. The molecule has 2 aromatic rings. The fraction of sp³-hybridized carbons (Fsp3) is 0.231. The Hall–Kier alpha value is -0.950. The minimum atomic E-state index is -0.306. The van der Waals surface area contributed by atoms with Crippen molar-refractivity contribution >= 4 is 39.9 Å². The van der Waals surface area contributed by atoms with Crippen LogP contribution in [0.2, 0.25) is 0 Å². The van der Waals surface area contributed by atoms with Gasteiger partial charge in [0.25, 0.3) is 0 Å². The molecule has 0 atom stereocenters. The molecule has 0 amide bonds. The molecule has 5 heteroatoms. The van der Waals surface area contributed by atoms with Gasteiger partial charge in [-0.25, -0.2) is 9.78 Å². The summed E-state index contributed by atoms with van der Waals surface area (Å²) >= 11 is 3.76. The largest absolute Gasteiger partial charge is 0.456 e. The number of hydrogen-bond donors (Lipinski definition) is 0. The van der Waals surface area contributed by atoms with Gasteiger partial charge >= 0.3 is 5.97 Å². The van der Waals surface area contributed by atoms with E-state index in [4.69, 9.17) is 4.74 Å². The molecule has 0 spiro atoms. The number of esters is 1. The zero-order valence-electron chi connectivity index (χ0n) is 9.85. The third-order valence-electron chi connectivity index (χ3n) is 2.31. The van der Waals surface area contributed by atoms with Crippen LogP contribution in [0.15, 0.2) is 29.6 Å². The molecule has 0 unspecified atom stereocenters. The van der Waals surface area contributed by atoms with Gasteiger partial charge in [-0.15, -0.1) is 11.3 Å². The SMILES string of the molecule is CCc1nc(COC(=O)c2cccc(I)c2)cs1. The van der Waals surface area contributed by atoms with Crippen LogP contribution in [0.25, 0.3) is 0 Å². The summed E-state index contributed by atoms with van der Waals surface area (Å²) in [6, 6.07) is 7.34. The Morgan fingerprint density at radius 2 is 2.33 bits per heavy atom. The summed E-state index contributed by atoms with van der Waals surface area (Å²) in [5.74, 6) is -0.306. The van der Waals surface area contributed by atoms with E-state index < -0.39 is 0 Å². The van der Waals surface area contributed by atoms with Gasteiger partial charge < -0.3 is 4.74 Å². The van der Waals surface area contributed by atoms with E-state index in [-0.39, 0.29) is 12.6 Å². The molecule has 18 heavy (non-hydrogen) atoms. The summed E-state index contributed by atoms with van der Waals surface area (Å²) in [6.07, 6.45) is 0.912. The molecular weight excluding hydrogens is 361 g/mol. The molecule has 0 aliphatic heterocycles. The summed E-state index contributed by atoms with van der Waals surface area (Å²) in [5.41, 5.74) is 1.39. The molecule has 1 aromatic heterocycles. The predicted molar refractivity (Wildman–Crippen MR) is 79.8 cm³/mol. The van der Waals surface area contributed by atoms with Crippen molar-refractivity contribution in [3.05, 3.63) is 49.5 Å². The Bertz CT molecular complexity index is 553. The topological polar surface area (TPSA) is 39.2 Å². The average molecular weight is 373 g/mol. The number of aryl methyl sites for hydroxylation is 1. The molecule has 0 saturated heterocycles. The van der Waals surface area contributed by atoms with Crippen molar-refractivity contribution in [2.75, 3.05) is 0 Å². The number of halogens is 1. The first-order valence-corrected chi connectivity index (χ1v) is 7.51. The zero-order chi connectivity index (χ0) is 13.0. The molecule has 0 bridgehead atoms. The fourth-order valence-electron chi connectivity index (χ4n) is 1.42. The highest BCUT2D eigenvalue weighted by atomic mass is 127. The Morgan fingerprint density at radius 1 is 1.50 bits per heavy atom. The van der Waals surface area contributed by atoms with Crippen LogP contribution < -0.4 is 0 Å². The number of nitrogens with zero attached hydrogens (tertiary/aromatic N) is 1. The van der Waals surface area contributed by atoms with Crippen molar-refractivity contribution in [1.29, 1.82) is 0 Å². The fourth-order valence-corrected chi connectivity index (χ4v) is 2.69. The van der Waals surface area contributed by atoms with Gasteiger partial charge in [0, 0.05) is 8.95 Å². The summed E-state index contributed by atoms with van der Waals surface area (Å²) in [7, 11) is 0. The third-order valence-corrected chi connectivity index (χ3v) is 4.03. The lowest BCUT2D eigenvalue weighted by atomic mass is 10.2. The molecular formula is C13H12INO2S. The van der Waals surface area contributed by atoms with Crippen LogP contribution in [-0.2, 0) is 17.8 Å². The molecule has 0 aliphatic rings. The molecule has 0 saturated carbocycles. The highest BCUT2D eigenvalue weighted by molar-refractivity contribution is 14.1. The number of thiazole rings is 1. The van der Waals surface area contributed by atoms with E-state index in [0.29, 0.717) is 5.56 Å². The second-order valence-corrected chi connectivity index (χ2v) is 5.86. The maximum absolute atomic E-state index is 11.8. The zero-order valence-corrected chi connectivity index (χ0v) is 12.8. The maximum Gasteiger partial charge on any atom is 0.338 e. The summed E-state index contributed by atoms with van der Waals surface area (Å²) < 4.78 is 6.25. The predicted octanol–water partition coefficient (Wildman–Crippen LogP) is 3.67. The van der Waals surface area contributed by atoms with Gasteiger partial charge in [-0.05, 0) is 47.2 Å². The lowest BCUT2D eigenvalue weighted by Gasteiger charge is -2.03. The first-order valence-electron chi connectivity index (χ1n) is 5.55. The smallest absolute Gasteiger partial charge is 0.338 e. The van der Waals surface area contributed by atoms with E-state index in [1.54, 1.807) is 23.5 Å². The van der Waals surface area contributed by atoms with E-state index in [0.717, 1.165) is 20.7 Å². The Balaban J connectivity index is 1.96.